The van der Waals surface area contributed by atoms with E-state index in [1.807, 2.05) is 48.5 Å². The van der Waals surface area contributed by atoms with E-state index in [1.165, 1.54) is 21.1 Å². The number of hydrogen-bond acceptors (Lipinski definition) is 10. The second-order valence-corrected chi connectivity index (χ2v) is 13.2. The van der Waals surface area contributed by atoms with Gasteiger partial charge in [0.1, 0.15) is 11.3 Å². The van der Waals surface area contributed by atoms with Crippen LogP contribution in [0.1, 0.15) is 68.1 Å². The van der Waals surface area contributed by atoms with Crippen LogP contribution in [0.5, 0.6) is 0 Å². The van der Waals surface area contributed by atoms with E-state index in [0.717, 1.165) is 22.4 Å². The molecule has 0 aromatic heterocycles. The van der Waals surface area contributed by atoms with E-state index >= 15 is 0 Å². The third kappa shape index (κ3) is 16.3. The Kier molecular flexibility index (Phi) is 20.3. The highest BCUT2D eigenvalue weighted by Crippen LogP contribution is 2.26. The van der Waals surface area contributed by atoms with Crippen molar-refractivity contribution in [3.8, 4) is 11.8 Å². The molecule has 1 aliphatic rings. The summed E-state index contributed by atoms with van der Waals surface area (Å²) in [6, 6.07) is 15.2. The van der Waals surface area contributed by atoms with E-state index in [9.17, 15) is 28.8 Å². The van der Waals surface area contributed by atoms with Crippen molar-refractivity contribution < 1.29 is 47.7 Å². The third-order valence-electron chi connectivity index (χ3n) is 8.81. The molecular weight excluding hydrogens is 722 g/mol. The van der Waals surface area contributed by atoms with Crippen molar-refractivity contribution in [3.63, 3.8) is 0 Å². The molecule has 0 aliphatic carbocycles. The van der Waals surface area contributed by atoms with Crippen LogP contribution in [0.25, 0.3) is 0 Å². The summed E-state index contributed by atoms with van der Waals surface area (Å²) in [7, 11) is 4.55. The Morgan fingerprint density at radius 2 is 1.09 bits per heavy atom. The molecule has 2 aromatic carbocycles. The molecule has 0 atom stereocenters. The van der Waals surface area contributed by atoms with E-state index in [0.29, 0.717) is 13.0 Å². The first-order valence-electron chi connectivity index (χ1n) is 18.8. The van der Waals surface area contributed by atoms with Crippen LogP contribution in [-0.2, 0) is 54.3 Å². The van der Waals surface area contributed by atoms with E-state index in [2.05, 4.69) is 33.1 Å². The molecule has 0 fully saturated rings. The van der Waals surface area contributed by atoms with Gasteiger partial charge in [0.05, 0.1) is 58.5 Å². The SMILES string of the molecule is CNC(=O)CCOCC(COCCC(=O)NC)(COCCC(=O)NC)NC(=O)CCOCCCC(=O)CCC(=O)N1Cc2ccccc2C#Cc2ccccc21. The van der Waals surface area contributed by atoms with Crippen molar-refractivity contribution in [3.05, 3.63) is 65.2 Å². The lowest BCUT2D eigenvalue weighted by molar-refractivity contribution is -0.131. The van der Waals surface area contributed by atoms with Crippen molar-refractivity contribution in [1.29, 1.82) is 0 Å². The third-order valence-corrected chi connectivity index (χ3v) is 8.81. The summed E-state index contributed by atoms with van der Waals surface area (Å²) in [6.07, 6.45) is 1.07. The maximum Gasteiger partial charge on any atom is 0.227 e. The number of ketones is 1. The fourth-order valence-electron chi connectivity index (χ4n) is 5.62. The Labute approximate surface area is 328 Å². The first-order valence-corrected chi connectivity index (χ1v) is 18.8. The molecule has 0 saturated carbocycles. The molecule has 1 heterocycles. The van der Waals surface area contributed by atoms with Crippen LogP contribution < -0.4 is 26.2 Å². The van der Waals surface area contributed by atoms with E-state index in [-0.39, 0.29) is 127 Å². The van der Waals surface area contributed by atoms with Crippen molar-refractivity contribution in [1.82, 2.24) is 21.3 Å². The highest BCUT2D eigenvalue weighted by molar-refractivity contribution is 5.97. The highest BCUT2D eigenvalue weighted by Gasteiger charge is 2.34. The van der Waals surface area contributed by atoms with Gasteiger partial charge in [0.25, 0.3) is 0 Å². The zero-order chi connectivity index (χ0) is 40.6. The van der Waals surface area contributed by atoms with Crippen molar-refractivity contribution in [2.24, 2.45) is 0 Å². The molecule has 15 nitrogen and oxygen atoms in total. The number of carbonyl (C=O) groups is 6. The molecule has 1 aliphatic heterocycles. The van der Waals surface area contributed by atoms with Crippen LogP contribution in [-0.4, -0.2) is 115 Å². The second-order valence-electron chi connectivity index (χ2n) is 13.2. The predicted octanol–water partition coefficient (Wildman–Crippen LogP) is 1.78. The molecule has 5 amide bonds. The predicted molar refractivity (Wildman–Crippen MR) is 208 cm³/mol. The van der Waals surface area contributed by atoms with Gasteiger partial charge in [-0.25, -0.2) is 0 Å². The fraction of sp³-hybridized carbons (Fsp3) is 0.512. The van der Waals surface area contributed by atoms with Gasteiger partial charge in [0.2, 0.25) is 29.5 Å². The van der Waals surface area contributed by atoms with E-state index in [4.69, 9.17) is 18.9 Å². The van der Waals surface area contributed by atoms with Crippen molar-refractivity contribution in [2.45, 2.75) is 63.5 Å². The van der Waals surface area contributed by atoms with Crippen LogP contribution in [0.4, 0.5) is 5.69 Å². The molecule has 15 heteroatoms. The van der Waals surface area contributed by atoms with Gasteiger partial charge in [-0.2, -0.15) is 0 Å². The number of fused-ring (bicyclic) bond motifs is 2. The first-order chi connectivity index (χ1) is 27.1. The summed E-state index contributed by atoms with van der Waals surface area (Å²) in [5.74, 6) is 5.12. The molecule has 56 heavy (non-hydrogen) atoms. The summed E-state index contributed by atoms with van der Waals surface area (Å²) in [5, 5.41) is 10.5. The molecule has 0 bridgehead atoms. The standard InChI is InChI=1S/C41H55N5O10/c1-42-36(48)18-24-54-28-41(29-55-25-19-37(49)43-2,30-56-26-20-38(50)44-3)45-39(51)21-23-53-22-8-12-34(47)16-17-40(52)46-27-33-11-5-4-9-31(33)14-15-32-10-6-7-13-35(32)46/h4-7,9-11,13H,8,12,16-30H2,1-3H3,(H,42,48)(H,43,49)(H,44,50)(H,45,51). The maximum absolute atomic E-state index is 13.4. The van der Waals surface area contributed by atoms with Gasteiger partial charge >= 0.3 is 0 Å². The Hall–Kier alpha value is -5.14. The van der Waals surface area contributed by atoms with Crippen LogP contribution in [0.15, 0.2) is 48.5 Å². The van der Waals surface area contributed by atoms with E-state index in [1.54, 1.807) is 4.90 Å². The first kappa shape index (κ1) is 45.3. The molecule has 2 aromatic rings. The number of rotatable bonds is 26. The molecule has 0 saturated heterocycles. The van der Waals surface area contributed by atoms with Gasteiger partial charge in [0.15, 0.2) is 0 Å². The Bertz CT molecular complexity index is 1630. The second kappa shape index (κ2) is 25.1. The van der Waals surface area contributed by atoms with Gasteiger partial charge in [0, 0.05) is 83.8 Å². The highest BCUT2D eigenvalue weighted by atomic mass is 16.5. The number of anilines is 1. The Balaban J connectivity index is 1.48. The monoisotopic (exact) mass is 777 g/mol. The van der Waals surface area contributed by atoms with Crippen LogP contribution >= 0.6 is 0 Å². The number of para-hydroxylation sites is 1. The van der Waals surface area contributed by atoms with Gasteiger partial charge < -0.3 is 45.1 Å². The summed E-state index contributed by atoms with van der Waals surface area (Å²) >= 11 is 0. The summed E-state index contributed by atoms with van der Waals surface area (Å²) < 4.78 is 23.0. The maximum atomic E-state index is 13.4. The van der Waals surface area contributed by atoms with Gasteiger partial charge in [-0.1, -0.05) is 42.2 Å². The zero-order valence-corrected chi connectivity index (χ0v) is 32.7. The van der Waals surface area contributed by atoms with Crippen LogP contribution in [0.2, 0.25) is 0 Å². The Morgan fingerprint density at radius 3 is 1.68 bits per heavy atom. The van der Waals surface area contributed by atoms with Gasteiger partial charge in [-0.3, -0.25) is 28.8 Å². The fourth-order valence-corrected chi connectivity index (χ4v) is 5.62. The average molecular weight is 778 g/mol. The molecular formula is C41H55N5O10. The number of amides is 5. The molecule has 4 N–H and O–H groups in total. The Morgan fingerprint density at radius 1 is 0.589 bits per heavy atom. The quantitative estimate of drug-likeness (QED) is 0.0810. The summed E-state index contributed by atoms with van der Waals surface area (Å²) in [5.41, 5.74) is 2.07. The largest absolute Gasteiger partial charge is 0.381 e. The summed E-state index contributed by atoms with van der Waals surface area (Å²) in [4.78, 5) is 76.3. The van der Waals surface area contributed by atoms with Crippen molar-refractivity contribution in [2.75, 3.05) is 78.9 Å². The molecule has 0 unspecified atom stereocenters. The molecule has 3 rings (SSSR count). The van der Waals surface area contributed by atoms with Crippen molar-refractivity contribution >= 4 is 41.0 Å². The van der Waals surface area contributed by atoms with Gasteiger partial charge in [-0.15, -0.1) is 0 Å². The minimum atomic E-state index is -1.21. The number of hydrogen-bond donors (Lipinski definition) is 4. The molecule has 0 spiro atoms. The zero-order valence-electron chi connectivity index (χ0n) is 32.7. The lowest BCUT2D eigenvalue weighted by Gasteiger charge is -2.34. The normalized spacial score (nSPS) is 11.8. The number of nitrogens with zero attached hydrogens (tertiary/aromatic N) is 1. The van der Waals surface area contributed by atoms with Gasteiger partial charge in [-0.05, 0) is 30.2 Å². The van der Waals surface area contributed by atoms with Crippen LogP contribution in [0.3, 0.4) is 0 Å². The minimum Gasteiger partial charge on any atom is -0.381 e. The topological polar surface area (TPSA) is 191 Å². The number of carbonyl (C=O) groups excluding carboxylic acids is 6. The number of ether oxygens (including phenoxy) is 4. The lowest BCUT2D eigenvalue weighted by Crippen LogP contribution is -2.59. The average Bonchev–Trinajstić information content (AvgIpc) is 3.20. The number of benzene rings is 2. The lowest BCUT2D eigenvalue weighted by atomic mass is 10.0. The minimum absolute atomic E-state index is 0.0241. The number of nitrogens with one attached hydrogen (secondary N) is 4. The van der Waals surface area contributed by atoms with E-state index < -0.39 is 11.4 Å². The smallest absolute Gasteiger partial charge is 0.227 e. The summed E-state index contributed by atoms with van der Waals surface area (Å²) in [6.45, 7) is 0.643. The van der Waals surface area contributed by atoms with Crippen LogP contribution in [0, 0.1) is 11.8 Å². The molecule has 304 valence electrons. The number of Topliss-reactive ketones (excluding diaryl/α,β-unsaturated/α-hetero) is 1. The molecule has 0 radical (unpaired) electrons.